The largest absolute Gasteiger partial charge is 0.493 e. The molecule has 0 bridgehead atoms. The molecule has 1 aromatic rings. The Morgan fingerprint density at radius 2 is 2.33 bits per heavy atom. The third-order valence-electron chi connectivity index (χ3n) is 3.41. The second-order valence-electron chi connectivity index (χ2n) is 4.98. The molecule has 0 aromatic heterocycles. The number of benzene rings is 1. The smallest absolute Gasteiger partial charge is 0.122 e. The quantitative estimate of drug-likeness (QED) is 0.597. The van der Waals surface area contributed by atoms with Gasteiger partial charge in [-0.1, -0.05) is 19.1 Å². The van der Waals surface area contributed by atoms with Gasteiger partial charge in [-0.15, -0.1) is 0 Å². The van der Waals surface area contributed by atoms with Gasteiger partial charge in [-0.25, -0.2) is 0 Å². The molecule has 1 aliphatic rings. The van der Waals surface area contributed by atoms with E-state index in [0.29, 0.717) is 5.92 Å². The van der Waals surface area contributed by atoms with Gasteiger partial charge in [0.2, 0.25) is 0 Å². The van der Waals surface area contributed by atoms with Crippen LogP contribution in [0.5, 0.6) is 5.75 Å². The van der Waals surface area contributed by atoms with Crippen molar-refractivity contribution in [3.8, 4) is 5.75 Å². The van der Waals surface area contributed by atoms with E-state index in [4.69, 9.17) is 15.3 Å². The molecule has 1 aromatic carbocycles. The fourth-order valence-electron chi connectivity index (χ4n) is 2.48. The van der Waals surface area contributed by atoms with Crippen LogP contribution < -0.4 is 16.0 Å². The highest BCUT2D eigenvalue weighted by molar-refractivity contribution is 5.40. The molecule has 0 saturated carbocycles. The first-order valence-electron chi connectivity index (χ1n) is 6.45. The topological polar surface area (TPSA) is 56.5 Å². The first kappa shape index (κ1) is 13.3. The predicted molar refractivity (Wildman–Crippen MR) is 71.4 cm³/mol. The summed E-state index contributed by atoms with van der Waals surface area (Å²) in [6.45, 7) is 3.72. The van der Waals surface area contributed by atoms with Crippen molar-refractivity contribution in [3.63, 3.8) is 0 Å². The molecule has 1 heterocycles. The maximum absolute atomic E-state index is 5.67. The summed E-state index contributed by atoms with van der Waals surface area (Å²) in [5.74, 6) is 7.16. The molecule has 3 N–H and O–H groups in total. The monoisotopic (exact) mass is 250 g/mol. The zero-order valence-electron chi connectivity index (χ0n) is 11.1. The van der Waals surface area contributed by atoms with Crippen LogP contribution >= 0.6 is 0 Å². The number of nitrogens with two attached hydrogens (primary N) is 1. The maximum atomic E-state index is 5.67. The fraction of sp³-hybridized carbons (Fsp3) is 0.571. The Labute approximate surface area is 108 Å². The summed E-state index contributed by atoms with van der Waals surface area (Å²) in [6.07, 6.45) is 1.96. The summed E-state index contributed by atoms with van der Waals surface area (Å²) < 4.78 is 10.7. The van der Waals surface area contributed by atoms with Crippen LogP contribution in [0, 0.1) is 5.92 Å². The normalized spacial score (nSPS) is 17.1. The van der Waals surface area contributed by atoms with Crippen LogP contribution in [-0.4, -0.2) is 20.3 Å². The van der Waals surface area contributed by atoms with Crippen LogP contribution in [0.15, 0.2) is 18.2 Å². The lowest BCUT2D eigenvalue weighted by Crippen LogP contribution is -2.30. The van der Waals surface area contributed by atoms with E-state index in [-0.39, 0.29) is 6.04 Å². The molecule has 0 radical (unpaired) electrons. The van der Waals surface area contributed by atoms with Gasteiger partial charge in [0.15, 0.2) is 0 Å². The molecule has 0 fully saturated rings. The van der Waals surface area contributed by atoms with Gasteiger partial charge in [-0.05, 0) is 29.5 Å². The Hall–Kier alpha value is -1.10. The summed E-state index contributed by atoms with van der Waals surface area (Å²) >= 11 is 0. The standard InChI is InChI=1S/C14H22N2O2/c1-10(9-17-2)7-13(16-15)11-3-4-14-12(8-11)5-6-18-14/h3-4,8,10,13,16H,5-7,9,15H2,1-2H3. The van der Waals surface area contributed by atoms with Gasteiger partial charge in [-0.3, -0.25) is 11.3 Å². The van der Waals surface area contributed by atoms with Crippen LogP contribution in [0.2, 0.25) is 0 Å². The zero-order valence-corrected chi connectivity index (χ0v) is 11.1. The molecule has 0 saturated heterocycles. The van der Waals surface area contributed by atoms with Gasteiger partial charge in [0.25, 0.3) is 0 Å². The Morgan fingerprint density at radius 3 is 3.06 bits per heavy atom. The minimum atomic E-state index is 0.168. The fourth-order valence-corrected chi connectivity index (χ4v) is 2.48. The molecular weight excluding hydrogens is 228 g/mol. The molecule has 100 valence electrons. The van der Waals surface area contributed by atoms with Gasteiger partial charge in [-0.2, -0.15) is 0 Å². The Morgan fingerprint density at radius 1 is 1.50 bits per heavy atom. The third-order valence-corrected chi connectivity index (χ3v) is 3.41. The van der Waals surface area contributed by atoms with E-state index in [1.807, 2.05) is 6.07 Å². The highest BCUT2D eigenvalue weighted by atomic mass is 16.5. The Kier molecular flexibility index (Phi) is 4.58. The highest BCUT2D eigenvalue weighted by Crippen LogP contribution is 2.30. The van der Waals surface area contributed by atoms with E-state index in [9.17, 15) is 0 Å². The lowest BCUT2D eigenvalue weighted by molar-refractivity contribution is 0.149. The molecule has 0 amide bonds. The van der Waals surface area contributed by atoms with Crippen LogP contribution in [0.3, 0.4) is 0 Å². The first-order chi connectivity index (χ1) is 8.74. The minimum absolute atomic E-state index is 0.168. The highest BCUT2D eigenvalue weighted by Gasteiger charge is 2.18. The maximum Gasteiger partial charge on any atom is 0.122 e. The van der Waals surface area contributed by atoms with Gasteiger partial charge in [0.05, 0.1) is 6.61 Å². The zero-order chi connectivity index (χ0) is 13.0. The van der Waals surface area contributed by atoms with Gasteiger partial charge >= 0.3 is 0 Å². The summed E-state index contributed by atoms with van der Waals surface area (Å²) in [4.78, 5) is 0. The molecule has 0 aliphatic carbocycles. The number of fused-ring (bicyclic) bond motifs is 1. The number of hydrogen-bond donors (Lipinski definition) is 2. The van der Waals surface area contributed by atoms with Crippen molar-refractivity contribution in [2.45, 2.75) is 25.8 Å². The number of rotatable bonds is 6. The minimum Gasteiger partial charge on any atom is -0.493 e. The van der Waals surface area contributed by atoms with E-state index >= 15 is 0 Å². The lowest BCUT2D eigenvalue weighted by Gasteiger charge is -2.20. The molecule has 1 aliphatic heterocycles. The second kappa shape index (κ2) is 6.18. The van der Waals surface area contributed by atoms with E-state index in [1.165, 1.54) is 11.1 Å². The average molecular weight is 250 g/mol. The van der Waals surface area contributed by atoms with Crippen LogP contribution in [-0.2, 0) is 11.2 Å². The number of ether oxygens (including phenoxy) is 2. The predicted octanol–water partition coefficient (Wildman–Crippen LogP) is 1.80. The summed E-state index contributed by atoms with van der Waals surface area (Å²) in [5.41, 5.74) is 5.41. The van der Waals surface area contributed by atoms with Crippen LogP contribution in [0.25, 0.3) is 0 Å². The van der Waals surface area contributed by atoms with Crippen LogP contribution in [0.1, 0.15) is 30.5 Å². The van der Waals surface area contributed by atoms with E-state index in [1.54, 1.807) is 7.11 Å². The molecular formula is C14H22N2O2. The van der Waals surface area contributed by atoms with Gasteiger partial charge in [0.1, 0.15) is 5.75 Å². The number of nitrogens with one attached hydrogen (secondary N) is 1. The van der Waals surface area contributed by atoms with Crippen molar-refractivity contribution in [1.82, 2.24) is 5.43 Å². The van der Waals surface area contributed by atoms with Crippen molar-refractivity contribution in [1.29, 1.82) is 0 Å². The van der Waals surface area contributed by atoms with E-state index in [0.717, 1.165) is 31.8 Å². The van der Waals surface area contributed by atoms with Crippen molar-refractivity contribution in [3.05, 3.63) is 29.3 Å². The molecule has 2 rings (SSSR count). The molecule has 2 atom stereocenters. The third kappa shape index (κ3) is 3.02. The van der Waals surface area contributed by atoms with Crippen molar-refractivity contribution >= 4 is 0 Å². The van der Waals surface area contributed by atoms with Crippen molar-refractivity contribution in [2.24, 2.45) is 11.8 Å². The number of hydrazine groups is 1. The van der Waals surface area contributed by atoms with Crippen molar-refractivity contribution < 1.29 is 9.47 Å². The van der Waals surface area contributed by atoms with Crippen LogP contribution in [0.4, 0.5) is 0 Å². The molecule has 4 nitrogen and oxygen atoms in total. The Bertz CT molecular complexity index is 395. The van der Waals surface area contributed by atoms with E-state index < -0.39 is 0 Å². The van der Waals surface area contributed by atoms with E-state index in [2.05, 4.69) is 24.5 Å². The average Bonchev–Trinajstić information content (AvgIpc) is 2.83. The second-order valence-corrected chi connectivity index (χ2v) is 4.98. The summed E-state index contributed by atoms with van der Waals surface area (Å²) in [5, 5.41) is 0. The van der Waals surface area contributed by atoms with Gasteiger partial charge in [0, 0.05) is 26.2 Å². The van der Waals surface area contributed by atoms with Crippen molar-refractivity contribution in [2.75, 3.05) is 20.3 Å². The molecule has 4 heteroatoms. The molecule has 2 unspecified atom stereocenters. The number of hydrogen-bond acceptors (Lipinski definition) is 4. The SMILES string of the molecule is COCC(C)CC(NN)c1ccc2c(c1)CCO2. The summed E-state index contributed by atoms with van der Waals surface area (Å²) in [7, 11) is 1.73. The Balaban J connectivity index is 2.07. The lowest BCUT2D eigenvalue weighted by atomic mass is 9.95. The number of methoxy groups -OCH3 is 1. The summed E-state index contributed by atoms with van der Waals surface area (Å²) in [6, 6.07) is 6.50. The first-order valence-corrected chi connectivity index (χ1v) is 6.45. The molecule has 0 spiro atoms. The van der Waals surface area contributed by atoms with Gasteiger partial charge < -0.3 is 9.47 Å². The molecule has 18 heavy (non-hydrogen) atoms.